The highest BCUT2D eigenvalue weighted by Gasteiger charge is 2.09. The van der Waals surface area contributed by atoms with Gasteiger partial charge in [0.1, 0.15) is 12.4 Å². The zero-order chi connectivity index (χ0) is 11.5. The van der Waals surface area contributed by atoms with Crippen molar-refractivity contribution in [2.75, 3.05) is 6.61 Å². The molecule has 0 unspecified atom stereocenters. The number of carbonyl (C=O) groups is 1. The third-order valence-electron chi connectivity index (χ3n) is 2.43. The van der Waals surface area contributed by atoms with Crippen LogP contribution in [0.25, 0.3) is 6.08 Å². The van der Waals surface area contributed by atoms with Gasteiger partial charge in [-0.15, -0.1) is 0 Å². The van der Waals surface area contributed by atoms with Crippen LogP contribution in [0.5, 0.6) is 5.75 Å². The summed E-state index contributed by atoms with van der Waals surface area (Å²) >= 11 is 5.63. The van der Waals surface area contributed by atoms with Crippen molar-refractivity contribution in [1.82, 2.24) is 0 Å². The van der Waals surface area contributed by atoms with Crippen LogP contribution in [0.2, 0.25) is 0 Å². The van der Waals surface area contributed by atoms with Gasteiger partial charge in [0.05, 0.1) is 0 Å². The number of ketones is 1. The Morgan fingerprint density at radius 1 is 1.44 bits per heavy atom. The van der Waals surface area contributed by atoms with E-state index in [1.165, 1.54) is 5.54 Å². The van der Waals surface area contributed by atoms with E-state index in [1.54, 1.807) is 13.0 Å². The van der Waals surface area contributed by atoms with Gasteiger partial charge in [-0.3, -0.25) is 4.79 Å². The van der Waals surface area contributed by atoms with Crippen molar-refractivity contribution in [3.63, 3.8) is 0 Å². The molecule has 16 heavy (non-hydrogen) atoms. The van der Waals surface area contributed by atoms with Crippen molar-refractivity contribution in [1.29, 1.82) is 0 Å². The SMILES string of the molecule is CC(=O)c1ccc2c(c1)C=C/C(=C/Cl)CO2. The second kappa shape index (κ2) is 4.54. The highest BCUT2D eigenvalue weighted by Crippen LogP contribution is 2.25. The summed E-state index contributed by atoms with van der Waals surface area (Å²) in [4.78, 5) is 11.2. The van der Waals surface area contributed by atoms with Crippen molar-refractivity contribution in [2.24, 2.45) is 0 Å². The van der Waals surface area contributed by atoms with Crippen molar-refractivity contribution in [2.45, 2.75) is 6.92 Å². The normalized spacial score (nSPS) is 16.5. The molecule has 0 bridgehead atoms. The number of halogens is 1. The van der Waals surface area contributed by atoms with Gasteiger partial charge in [-0.1, -0.05) is 23.8 Å². The summed E-state index contributed by atoms with van der Waals surface area (Å²) in [7, 11) is 0. The van der Waals surface area contributed by atoms with Crippen LogP contribution in [-0.2, 0) is 0 Å². The molecule has 0 aliphatic carbocycles. The van der Waals surface area contributed by atoms with E-state index in [-0.39, 0.29) is 5.78 Å². The van der Waals surface area contributed by atoms with Crippen LogP contribution in [0.1, 0.15) is 22.8 Å². The van der Waals surface area contributed by atoms with E-state index < -0.39 is 0 Å². The molecular formula is C13H11ClO2. The van der Waals surface area contributed by atoms with Crippen LogP contribution in [-0.4, -0.2) is 12.4 Å². The molecule has 2 nitrogen and oxygen atoms in total. The van der Waals surface area contributed by atoms with E-state index >= 15 is 0 Å². The van der Waals surface area contributed by atoms with E-state index in [9.17, 15) is 4.79 Å². The van der Waals surface area contributed by atoms with Gasteiger partial charge < -0.3 is 4.74 Å². The van der Waals surface area contributed by atoms with E-state index in [4.69, 9.17) is 16.3 Å². The number of rotatable bonds is 1. The Bertz CT molecular complexity index is 487. The van der Waals surface area contributed by atoms with Crippen molar-refractivity contribution < 1.29 is 9.53 Å². The number of hydrogen-bond acceptors (Lipinski definition) is 2. The van der Waals surface area contributed by atoms with Gasteiger partial charge in [0, 0.05) is 22.2 Å². The van der Waals surface area contributed by atoms with Crippen molar-refractivity contribution in [3.8, 4) is 5.75 Å². The van der Waals surface area contributed by atoms with E-state index in [1.807, 2.05) is 24.3 Å². The number of hydrogen-bond donors (Lipinski definition) is 0. The van der Waals surface area contributed by atoms with Gasteiger partial charge in [-0.05, 0) is 25.1 Å². The molecular weight excluding hydrogens is 224 g/mol. The molecule has 0 fully saturated rings. The molecule has 0 amide bonds. The Kier molecular flexibility index (Phi) is 3.11. The summed E-state index contributed by atoms with van der Waals surface area (Å²) < 4.78 is 5.56. The minimum Gasteiger partial charge on any atom is -0.488 e. The maximum absolute atomic E-state index is 11.2. The molecule has 0 aromatic heterocycles. The standard InChI is InChI=1S/C13H11ClO2/c1-9(15)11-4-5-13-12(6-11)3-2-10(7-14)8-16-13/h2-7H,8H2,1H3/b10-7-. The van der Waals surface area contributed by atoms with Crippen LogP contribution < -0.4 is 4.74 Å². The van der Waals surface area contributed by atoms with E-state index in [0.717, 1.165) is 16.9 Å². The first-order valence-electron chi connectivity index (χ1n) is 4.96. The predicted octanol–water partition coefficient (Wildman–Crippen LogP) is 3.42. The minimum absolute atomic E-state index is 0.0496. The Morgan fingerprint density at radius 3 is 2.94 bits per heavy atom. The molecule has 82 valence electrons. The predicted molar refractivity (Wildman–Crippen MR) is 64.9 cm³/mol. The molecule has 2 rings (SSSR count). The third kappa shape index (κ3) is 2.17. The lowest BCUT2D eigenvalue weighted by molar-refractivity contribution is 0.101. The Labute approximate surface area is 99.2 Å². The van der Waals surface area contributed by atoms with Gasteiger partial charge in [0.2, 0.25) is 0 Å². The molecule has 0 N–H and O–H groups in total. The molecule has 0 radical (unpaired) electrons. The summed E-state index contributed by atoms with van der Waals surface area (Å²) in [6, 6.07) is 5.41. The Morgan fingerprint density at radius 2 is 2.25 bits per heavy atom. The first-order valence-corrected chi connectivity index (χ1v) is 5.39. The average Bonchev–Trinajstić information content (AvgIpc) is 2.50. The first kappa shape index (κ1) is 11.0. The van der Waals surface area contributed by atoms with E-state index in [2.05, 4.69) is 0 Å². The molecule has 1 aliphatic rings. The second-order valence-corrected chi connectivity index (χ2v) is 3.83. The summed E-state index contributed by atoms with van der Waals surface area (Å²) in [6.45, 7) is 2.00. The lowest BCUT2D eigenvalue weighted by Gasteiger charge is -2.07. The maximum Gasteiger partial charge on any atom is 0.159 e. The molecule has 1 heterocycles. The third-order valence-corrected chi connectivity index (χ3v) is 2.71. The molecule has 0 saturated heterocycles. The Balaban J connectivity index is 2.43. The number of ether oxygens (including phenoxy) is 1. The smallest absolute Gasteiger partial charge is 0.159 e. The summed E-state index contributed by atoms with van der Waals surface area (Å²) in [6.07, 6.45) is 3.80. The molecule has 0 saturated carbocycles. The van der Waals surface area contributed by atoms with Gasteiger partial charge in [0.25, 0.3) is 0 Å². The van der Waals surface area contributed by atoms with Gasteiger partial charge in [-0.2, -0.15) is 0 Å². The zero-order valence-electron chi connectivity index (χ0n) is 8.87. The van der Waals surface area contributed by atoms with Crippen molar-refractivity contribution >= 4 is 23.5 Å². The number of fused-ring (bicyclic) bond motifs is 1. The zero-order valence-corrected chi connectivity index (χ0v) is 9.62. The van der Waals surface area contributed by atoms with Gasteiger partial charge in [0.15, 0.2) is 5.78 Å². The molecule has 3 heteroatoms. The van der Waals surface area contributed by atoms with Crippen molar-refractivity contribution in [3.05, 3.63) is 46.5 Å². The molecule has 1 aromatic rings. The largest absolute Gasteiger partial charge is 0.488 e. The molecule has 1 aliphatic heterocycles. The lowest BCUT2D eigenvalue weighted by Crippen LogP contribution is -1.99. The molecule has 1 aromatic carbocycles. The second-order valence-electron chi connectivity index (χ2n) is 3.61. The molecule has 0 spiro atoms. The minimum atomic E-state index is 0.0496. The highest BCUT2D eigenvalue weighted by molar-refractivity contribution is 6.25. The van der Waals surface area contributed by atoms with Gasteiger partial charge in [-0.25, -0.2) is 0 Å². The quantitative estimate of drug-likeness (QED) is 0.696. The Hall–Kier alpha value is -1.54. The van der Waals surface area contributed by atoms with Crippen LogP contribution in [0, 0.1) is 0 Å². The topological polar surface area (TPSA) is 26.3 Å². The lowest BCUT2D eigenvalue weighted by atomic mass is 10.1. The monoisotopic (exact) mass is 234 g/mol. The molecule has 0 atom stereocenters. The summed E-state index contributed by atoms with van der Waals surface area (Å²) in [5.41, 5.74) is 3.99. The highest BCUT2D eigenvalue weighted by atomic mass is 35.5. The van der Waals surface area contributed by atoms with Crippen LogP contribution in [0.4, 0.5) is 0 Å². The summed E-state index contributed by atoms with van der Waals surface area (Å²) in [5.74, 6) is 0.823. The van der Waals surface area contributed by atoms with Crippen LogP contribution in [0.3, 0.4) is 0 Å². The average molecular weight is 235 g/mol. The van der Waals surface area contributed by atoms with Crippen LogP contribution >= 0.6 is 11.6 Å². The number of carbonyl (C=O) groups excluding carboxylic acids is 1. The number of Topliss-reactive ketones (excluding diaryl/α,β-unsaturated/α-hetero) is 1. The fourth-order valence-electron chi connectivity index (χ4n) is 1.50. The maximum atomic E-state index is 11.2. The number of benzene rings is 1. The van der Waals surface area contributed by atoms with Gasteiger partial charge >= 0.3 is 0 Å². The fourth-order valence-corrected chi connectivity index (χ4v) is 1.64. The van der Waals surface area contributed by atoms with E-state index in [0.29, 0.717) is 12.2 Å². The first-order chi connectivity index (χ1) is 7.70. The fraction of sp³-hybridized carbons (Fsp3) is 0.154. The summed E-state index contributed by atoms with van der Waals surface area (Å²) in [5, 5.41) is 0. The van der Waals surface area contributed by atoms with Crippen LogP contribution in [0.15, 0.2) is 35.4 Å².